The van der Waals surface area contributed by atoms with Crippen molar-refractivity contribution in [1.29, 1.82) is 0 Å². The van der Waals surface area contributed by atoms with E-state index in [0.717, 1.165) is 12.8 Å². The lowest BCUT2D eigenvalue weighted by atomic mass is 10.1. The van der Waals surface area contributed by atoms with Gasteiger partial charge in [-0.15, -0.1) is 0 Å². The number of carboxylic acids is 1. The summed E-state index contributed by atoms with van der Waals surface area (Å²) in [6.07, 6.45) is 2.11. The Hall–Kier alpha value is -1.84. The van der Waals surface area contributed by atoms with Crippen molar-refractivity contribution in [2.45, 2.75) is 26.2 Å². The molecule has 0 aromatic heterocycles. The number of benzene rings is 1. The van der Waals surface area contributed by atoms with Gasteiger partial charge in [-0.05, 0) is 18.4 Å². The molecule has 0 spiro atoms. The number of aliphatic carboxylic acids is 1. The average Bonchev–Trinajstić information content (AvgIpc) is 2.39. The van der Waals surface area contributed by atoms with Gasteiger partial charge in [0.25, 0.3) is 0 Å². The first-order valence-electron chi connectivity index (χ1n) is 6.51. The number of aryl methyl sites for hydroxylation is 1. The molecule has 104 valence electrons. The van der Waals surface area contributed by atoms with Crippen LogP contribution in [0.3, 0.4) is 0 Å². The Bertz CT molecular complexity index is 417. The maximum atomic E-state index is 11.8. The normalized spacial score (nSPS) is 11.9. The molecule has 0 bridgehead atoms. The van der Waals surface area contributed by atoms with Crippen molar-refractivity contribution in [2.24, 2.45) is 5.92 Å². The SMILES string of the molecule is CC(CN(C)C(=O)CCCc1ccccc1)C(=O)O. The van der Waals surface area contributed by atoms with Gasteiger partial charge in [-0.2, -0.15) is 0 Å². The monoisotopic (exact) mass is 263 g/mol. The molecular weight excluding hydrogens is 242 g/mol. The Kier molecular flexibility index (Phi) is 6.06. The molecule has 0 aliphatic carbocycles. The van der Waals surface area contributed by atoms with Crippen LogP contribution in [0.5, 0.6) is 0 Å². The van der Waals surface area contributed by atoms with E-state index in [1.54, 1.807) is 14.0 Å². The molecule has 0 fully saturated rings. The van der Waals surface area contributed by atoms with E-state index in [1.165, 1.54) is 10.5 Å². The maximum absolute atomic E-state index is 11.8. The van der Waals surface area contributed by atoms with E-state index in [0.29, 0.717) is 6.42 Å². The lowest BCUT2D eigenvalue weighted by Gasteiger charge is -2.19. The summed E-state index contributed by atoms with van der Waals surface area (Å²) in [6, 6.07) is 10.0. The van der Waals surface area contributed by atoms with Crippen LogP contribution >= 0.6 is 0 Å². The third-order valence-electron chi connectivity index (χ3n) is 3.09. The van der Waals surface area contributed by atoms with Crippen LogP contribution in [0.15, 0.2) is 30.3 Å². The molecule has 0 saturated heterocycles. The van der Waals surface area contributed by atoms with Gasteiger partial charge in [0.2, 0.25) is 5.91 Å². The summed E-state index contributed by atoms with van der Waals surface area (Å²) in [6.45, 7) is 1.87. The van der Waals surface area contributed by atoms with Crippen molar-refractivity contribution < 1.29 is 14.7 Å². The van der Waals surface area contributed by atoms with Gasteiger partial charge in [-0.3, -0.25) is 9.59 Å². The third-order valence-corrected chi connectivity index (χ3v) is 3.09. The van der Waals surface area contributed by atoms with Crippen molar-refractivity contribution in [2.75, 3.05) is 13.6 Å². The Morgan fingerprint density at radius 3 is 2.47 bits per heavy atom. The highest BCUT2D eigenvalue weighted by Gasteiger charge is 2.16. The molecule has 0 aliphatic rings. The molecule has 4 heteroatoms. The van der Waals surface area contributed by atoms with Crippen LogP contribution in [0.4, 0.5) is 0 Å². The van der Waals surface area contributed by atoms with Gasteiger partial charge in [0, 0.05) is 20.0 Å². The van der Waals surface area contributed by atoms with E-state index in [4.69, 9.17) is 5.11 Å². The maximum Gasteiger partial charge on any atom is 0.308 e. The van der Waals surface area contributed by atoms with Gasteiger partial charge in [0.05, 0.1) is 5.92 Å². The highest BCUT2D eigenvalue weighted by molar-refractivity contribution is 5.77. The zero-order valence-corrected chi connectivity index (χ0v) is 11.5. The molecule has 0 radical (unpaired) electrons. The first-order chi connectivity index (χ1) is 9.00. The summed E-state index contributed by atoms with van der Waals surface area (Å²) in [7, 11) is 1.66. The van der Waals surface area contributed by atoms with Crippen LogP contribution in [-0.4, -0.2) is 35.5 Å². The molecule has 1 atom stereocenters. The number of carbonyl (C=O) groups excluding carboxylic acids is 1. The molecule has 1 aromatic carbocycles. The Morgan fingerprint density at radius 2 is 1.89 bits per heavy atom. The van der Waals surface area contributed by atoms with Crippen LogP contribution in [-0.2, 0) is 16.0 Å². The lowest BCUT2D eigenvalue weighted by Crippen LogP contribution is -2.33. The molecule has 1 rings (SSSR count). The zero-order chi connectivity index (χ0) is 14.3. The molecule has 0 saturated carbocycles. The molecule has 1 N–H and O–H groups in total. The fraction of sp³-hybridized carbons (Fsp3) is 0.467. The van der Waals surface area contributed by atoms with Gasteiger partial charge in [0.1, 0.15) is 0 Å². The number of carbonyl (C=O) groups is 2. The van der Waals surface area contributed by atoms with Crippen molar-refractivity contribution in [1.82, 2.24) is 4.90 Å². The quantitative estimate of drug-likeness (QED) is 0.820. The minimum Gasteiger partial charge on any atom is -0.481 e. The molecule has 0 aliphatic heterocycles. The Labute approximate surface area is 114 Å². The van der Waals surface area contributed by atoms with Crippen LogP contribution in [0.1, 0.15) is 25.3 Å². The highest BCUT2D eigenvalue weighted by Crippen LogP contribution is 2.07. The van der Waals surface area contributed by atoms with Crippen molar-refractivity contribution >= 4 is 11.9 Å². The standard InChI is InChI=1S/C15H21NO3/c1-12(15(18)19)11-16(2)14(17)10-6-9-13-7-4-3-5-8-13/h3-5,7-8,12H,6,9-11H2,1-2H3,(H,18,19). The Morgan fingerprint density at radius 1 is 1.26 bits per heavy atom. The zero-order valence-electron chi connectivity index (χ0n) is 11.5. The number of rotatable bonds is 7. The van der Waals surface area contributed by atoms with Gasteiger partial charge in [-0.25, -0.2) is 0 Å². The molecular formula is C15H21NO3. The number of hydrogen-bond acceptors (Lipinski definition) is 2. The number of amides is 1. The summed E-state index contributed by atoms with van der Waals surface area (Å²) in [5, 5.41) is 8.80. The van der Waals surface area contributed by atoms with Crippen molar-refractivity contribution in [3.8, 4) is 0 Å². The largest absolute Gasteiger partial charge is 0.481 e. The van der Waals surface area contributed by atoms with Crippen LogP contribution in [0.25, 0.3) is 0 Å². The van der Waals surface area contributed by atoms with E-state index in [1.807, 2.05) is 30.3 Å². The van der Waals surface area contributed by atoms with Crippen LogP contribution in [0, 0.1) is 5.92 Å². The van der Waals surface area contributed by atoms with E-state index in [-0.39, 0.29) is 12.5 Å². The predicted molar refractivity (Wildman–Crippen MR) is 73.8 cm³/mol. The van der Waals surface area contributed by atoms with Gasteiger partial charge in [-0.1, -0.05) is 37.3 Å². The van der Waals surface area contributed by atoms with E-state index >= 15 is 0 Å². The number of nitrogens with zero attached hydrogens (tertiary/aromatic N) is 1. The first-order valence-corrected chi connectivity index (χ1v) is 6.51. The second-order valence-electron chi connectivity index (χ2n) is 4.85. The third kappa shape index (κ3) is 5.55. The number of hydrogen-bond donors (Lipinski definition) is 1. The highest BCUT2D eigenvalue weighted by atomic mass is 16.4. The molecule has 0 heterocycles. The van der Waals surface area contributed by atoms with E-state index in [9.17, 15) is 9.59 Å². The predicted octanol–water partition coefficient (Wildman–Crippen LogP) is 2.19. The summed E-state index contributed by atoms with van der Waals surface area (Å²) in [5.74, 6) is -1.39. The first kappa shape index (κ1) is 15.2. The summed E-state index contributed by atoms with van der Waals surface area (Å²) >= 11 is 0. The van der Waals surface area contributed by atoms with Crippen molar-refractivity contribution in [3.63, 3.8) is 0 Å². The summed E-state index contributed by atoms with van der Waals surface area (Å²) < 4.78 is 0. The molecule has 4 nitrogen and oxygen atoms in total. The molecule has 19 heavy (non-hydrogen) atoms. The van der Waals surface area contributed by atoms with Crippen molar-refractivity contribution in [3.05, 3.63) is 35.9 Å². The second kappa shape index (κ2) is 7.56. The molecule has 1 amide bonds. The fourth-order valence-corrected chi connectivity index (χ4v) is 1.87. The van der Waals surface area contributed by atoms with E-state index in [2.05, 4.69) is 0 Å². The summed E-state index contributed by atoms with van der Waals surface area (Å²) in [4.78, 5) is 24.0. The Balaban J connectivity index is 2.29. The second-order valence-corrected chi connectivity index (χ2v) is 4.85. The molecule has 1 aromatic rings. The van der Waals surface area contributed by atoms with Gasteiger partial charge < -0.3 is 10.0 Å². The topological polar surface area (TPSA) is 57.6 Å². The van der Waals surface area contributed by atoms with E-state index < -0.39 is 11.9 Å². The fourth-order valence-electron chi connectivity index (χ4n) is 1.87. The smallest absolute Gasteiger partial charge is 0.308 e. The summed E-state index contributed by atoms with van der Waals surface area (Å²) in [5.41, 5.74) is 1.22. The van der Waals surface area contributed by atoms with Gasteiger partial charge in [0.15, 0.2) is 0 Å². The lowest BCUT2D eigenvalue weighted by molar-refractivity contribution is -0.142. The molecule has 1 unspecified atom stereocenters. The minimum atomic E-state index is -0.871. The van der Waals surface area contributed by atoms with Crippen LogP contribution < -0.4 is 0 Å². The number of carboxylic acid groups (broad SMARTS) is 1. The van der Waals surface area contributed by atoms with Crippen LogP contribution in [0.2, 0.25) is 0 Å². The minimum absolute atomic E-state index is 0.00373. The average molecular weight is 263 g/mol. The van der Waals surface area contributed by atoms with Gasteiger partial charge >= 0.3 is 5.97 Å².